The Labute approximate surface area is 116 Å². The zero-order valence-corrected chi connectivity index (χ0v) is 11.0. The smallest absolute Gasteiger partial charge is 0.343 e. The molecule has 0 fully saturated rings. The molecule has 5 heteroatoms. The summed E-state index contributed by atoms with van der Waals surface area (Å²) < 4.78 is 4.69. The van der Waals surface area contributed by atoms with E-state index >= 15 is 0 Å². The number of carbonyl (C=O) groups is 2. The second-order valence-corrected chi connectivity index (χ2v) is 3.69. The van der Waals surface area contributed by atoms with Gasteiger partial charge in [-0.2, -0.15) is 0 Å². The van der Waals surface area contributed by atoms with Crippen molar-refractivity contribution >= 4 is 29.9 Å². The number of ether oxygens (including phenoxy) is 1. The van der Waals surface area contributed by atoms with Crippen molar-refractivity contribution in [1.29, 1.82) is 0 Å². The van der Waals surface area contributed by atoms with Gasteiger partial charge in [0.05, 0.1) is 6.61 Å². The molecule has 0 aliphatic heterocycles. The molecule has 0 saturated carbocycles. The van der Waals surface area contributed by atoms with Crippen LogP contribution in [0, 0.1) is 0 Å². The van der Waals surface area contributed by atoms with Gasteiger partial charge in [-0.15, -0.1) is 0 Å². The number of hydrogen-bond donors (Lipinski definition) is 1. The molecular formula is C15H14NO4. The molecule has 5 nitrogen and oxygen atoms in total. The first-order valence-corrected chi connectivity index (χ1v) is 5.90. The van der Waals surface area contributed by atoms with Gasteiger partial charge in [-0.3, -0.25) is 9.59 Å². The van der Waals surface area contributed by atoms with Crippen molar-refractivity contribution in [2.24, 2.45) is 0 Å². The first-order valence-electron chi connectivity index (χ1n) is 5.90. The second kappa shape index (κ2) is 7.68. The minimum atomic E-state index is -0.765. The number of carbonyl (C=O) groups excluding carboxylic acids is 3. The normalized spacial score (nSPS) is 10.1. The molecule has 0 saturated heterocycles. The molecule has 1 aromatic rings. The molecule has 1 amide bonds. The number of allylic oxidation sites excluding steroid dienone is 1. The topological polar surface area (TPSA) is 72.5 Å². The summed E-state index contributed by atoms with van der Waals surface area (Å²) in [5.74, 6) is -1.42. The monoisotopic (exact) mass is 272 g/mol. The van der Waals surface area contributed by atoms with E-state index in [0.717, 1.165) is 0 Å². The van der Waals surface area contributed by atoms with E-state index in [-0.39, 0.29) is 12.2 Å². The number of rotatable bonds is 6. The van der Waals surface area contributed by atoms with Gasteiger partial charge in [0.15, 0.2) is 0 Å². The molecule has 20 heavy (non-hydrogen) atoms. The summed E-state index contributed by atoms with van der Waals surface area (Å²) in [6.07, 6.45) is 4.30. The lowest BCUT2D eigenvalue weighted by atomic mass is 10.1. The maximum atomic E-state index is 11.8. The molecule has 1 aromatic carbocycles. The molecule has 0 spiro atoms. The van der Waals surface area contributed by atoms with Crippen molar-refractivity contribution in [2.45, 2.75) is 6.92 Å². The minimum absolute atomic E-state index is 0.166. The van der Waals surface area contributed by atoms with E-state index in [4.69, 9.17) is 4.74 Å². The Balaban J connectivity index is 2.85. The fraction of sp³-hybridized carbons (Fsp3) is 0.133. The summed E-state index contributed by atoms with van der Waals surface area (Å²) in [4.78, 5) is 33.4. The zero-order valence-electron chi connectivity index (χ0n) is 11.0. The highest BCUT2D eigenvalue weighted by Gasteiger charge is 2.17. The van der Waals surface area contributed by atoms with Gasteiger partial charge >= 0.3 is 5.97 Å². The lowest BCUT2D eigenvalue weighted by Gasteiger charge is -2.09. The first kappa shape index (κ1) is 15.4. The fourth-order valence-electron chi connectivity index (χ4n) is 1.39. The Hall–Kier alpha value is -2.69. The predicted octanol–water partition coefficient (Wildman–Crippen LogP) is 1.87. The number of esters is 1. The van der Waals surface area contributed by atoms with Crippen molar-refractivity contribution in [1.82, 2.24) is 0 Å². The largest absolute Gasteiger partial charge is 0.462 e. The number of anilines is 1. The standard InChI is InChI=1S/C15H14NO4/c1-3-20-15(19)11(2)14(18)16-13-9-5-4-7-12(13)8-6-10-17/h4-9H,2-3H2,1H3,(H,16,18)/b8-6+. The average Bonchev–Trinajstić information content (AvgIpc) is 2.45. The lowest BCUT2D eigenvalue weighted by Crippen LogP contribution is -2.21. The molecule has 1 N–H and O–H groups in total. The Kier molecular flexibility index (Phi) is 5.90. The van der Waals surface area contributed by atoms with Crippen LogP contribution >= 0.6 is 0 Å². The molecule has 1 radical (unpaired) electrons. The Morgan fingerprint density at radius 2 is 2.10 bits per heavy atom. The summed E-state index contributed by atoms with van der Waals surface area (Å²) in [5.41, 5.74) is 0.780. The summed E-state index contributed by atoms with van der Waals surface area (Å²) in [6.45, 7) is 5.20. The van der Waals surface area contributed by atoms with Gasteiger partial charge in [-0.05, 0) is 30.7 Å². The van der Waals surface area contributed by atoms with Gasteiger partial charge in [0.1, 0.15) is 5.57 Å². The number of para-hydroxylation sites is 1. The van der Waals surface area contributed by atoms with E-state index in [1.165, 1.54) is 12.2 Å². The Morgan fingerprint density at radius 1 is 1.40 bits per heavy atom. The van der Waals surface area contributed by atoms with E-state index < -0.39 is 11.9 Å². The molecule has 0 aliphatic carbocycles. The molecule has 0 unspecified atom stereocenters. The SMILES string of the molecule is C=C(C(=O)Nc1ccccc1/C=C/[C]=O)C(=O)OCC. The van der Waals surface area contributed by atoms with Crippen molar-refractivity contribution in [3.8, 4) is 0 Å². The van der Waals surface area contributed by atoms with E-state index in [0.29, 0.717) is 11.3 Å². The van der Waals surface area contributed by atoms with Gasteiger partial charge in [0.25, 0.3) is 5.91 Å². The van der Waals surface area contributed by atoms with E-state index in [1.54, 1.807) is 37.5 Å². The van der Waals surface area contributed by atoms with Crippen LogP contribution in [0.5, 0.6) is 0 Å². The van der Waals surface area contributed by atoms with Crippen molar-refractivity contribution < 1.29 is 19.1 Å². The van der Waals surface area contributed by atoms with Crippen LogP contribution in [0.25, 0.3) is 6.08 Å². The van der Waals surface area contributed by atoms with Crippen LogP contribution in [-0.2, 0) is 19.1 Å². The van der Waals surface area contributed by atoms with E-state index in [2.05, 4.69) is 11.9 Å². The molecule has 103 valence electrons. The third-order valence-electron chi connectivity index (χ3n) is 2.34. The summed E-state index contributed by atoms with van der Waals surface area (Å²) >= 11 is 0. The highest BCUT2D eigenvalue weighted by atomic mass is 16.5. The third-order valence-corrected chi connectivity index (χ3v) is 2.34. The molecule has 0 aliphatic rings. The number of amides is 1. The highest BCUT2D eigenvalue weighted by Crippen LogP contribution is 2.17. The molecule has 1 rings (SSSR count). The van der Waals surface area contributed by atoms with Crippen LogP contribution in [0.4, 0.5) is 5.69 Å². The number of hydrogen-bond acceptors (Lipinski definition) is 4. The van der Waals surface area contributed by atoms with Gasteiger partial charge in [-0.25, -0.2) is 4.79 Å². The zero-order chi connectivity index (χ0) is 15.0. The van der Waals surface area contributed by atoms with Gasteiger partial charge in [-0.1, -0.05) is 24.8 Å². The summed E-state index contributed by atoms with van der Waals surface area (Å²) in [5, 5.41) is 2.54. The van der Waals surface area contributed by atoms with Crippen LogP contribution in [0.2, 0.25) is 0 Å². The van der Waals surface area contributed by atoms with Crippen LogP contribution in [0.1, 0.15) is 12.5 Å². The average molecular weight is 272 g/mol. The maximum Gasteiger partial charge on any atom is 0.343 e. The molecule has 0 heterocycles. The van der Waals surface area contributed by atoms with Crippen LogP contribution in [0.15, 0.2) is 42.5 Å². The van der Waals surface area contributed by atoms with Crippen LogP contribution in [-0.4, -0.2) is 24.8 Å². The van der Waals surface area contributed by atoms with Crippen LogP contribution < -0.4 is 5.32 Å². The maximum absolute atomic E-state index is 11.8. The third kappa shape index (κ3) is 4.20. The molecular weight excluding hydrogens is 258 g/mol. The summed E-state index contributed by atoms with van der Waals surface area (Å²) in [6, 6.07) is 6.81. The first-order chi connectivity index (χ1) is 9.60. The predicted molar refractivity (Wildman–Crippen MR) is 75.6 cm³/mol. The number of benzene rings is 1. The second-order valence-electron chi connectivity index (χ2n) is 3.69. The minimum Gasteiger partial charge on any atom is -0.462 e. The van der Waals surface area contributed by atoms with E-state index in [1.807, 2.05) is 0 Å². The fourth-order valence-corrected chi connectivity index (χ4v) is 1.39. The van der Waals surface area contributed by atoms with Crippen molar-refractivity contribution in [3.63, 3.8) is 0 Å². The van der Waals surface area contributed by atoms with Gasteiger partial charge in [0, 0.05) is 5.69 Å². The highest BCUT2D eigenvalue weighted by molar-refractivity contribution is 6.20. The molecule has 0 atom stereocenters. The van der Waals surface area contributed by atoms with Crippen molar-refractivity contribution in [3.05, 3.63) is 48.1 Å². The summed E-state index contributed by atoms with van der Waals surface area (Å²) in [7, 11) is 0. The van der Waals surface area contributed by atoms with Crippen molar-refractivity contribution in [2.75, 3.05) is 11.9 Å². The van der Waals surface area contributed by atoms with E-state index in [9.17, 15) is 14.4 Å². The van der Waals surface area contributed by atoms with Crippen LogP contribution in [0.3, 0.4) is 0 Å². The Bertz CT molecular complexity index is 561. The van der Waals surface area contributed by atoms with Gasteiger partial charge in [0.2, 0.25) is 6.29 Å². The van der Waals surface area contributed by atoms with Gasteiger partial charge < -0.3 is 10.1 Å². The molecule has 0 bridgehead atoms. The Morgan fingerprint density at radius 3 is 2.75 bits per heavy atom. The number of nitrogens with one attached hydrogen (secondary N) is 1. The molecule has 0 aromatic heterocycles. The quantitative estimate of drug-likeness (QED) is 0.371. The lowest BCUT2D eigenvalue weighted by molar-refractivity contribution is -0.139.